The van der Waals surface area contributed by atoms with Crippen molar-refractivity contribution in [1.82, 2.24) is 0 Å². The van der Waals surface area contributed by atoms with Gasteiger partial charge in [0, 0.05) is 30.0 Å². The summed E-state index contributed by atoms with van der Waals surface area (Å²) >= 11 is 0. The number of anilines is 2. The van der Waals surface area contributed by atoms with Crippen molar-refractivity contribution in [1.29, 1.82) is 5.26 Å². The van der Waals surface area contributed by atoms with Gasteiger partial charge in [-0.05, 0) is 19.1 Å². The number of hydrogen-bond donors (Lipinski definition) is 2. The van der Waals surface area contributed by atoms with Gasteiger partial charge in [-0.15, -0.1) is 0 Å². The molecule has 1 aromatic rings. The van der Waals surface area contributed by atoms with Gasteiger partial charge in [0.2, 0.25) is 0 Å². The van der Waals surface area contributed by atoms with Crippen molar-refractivity contribution in [2.75, 3.05) is 23.3 Å². The summed E-state index contributed by atoms with van der Waals surface area (Å²) in [6.45, 7) is 3.46. The van der Waals surface area contributed by atoms with E-state index in [4.69, 9.17) is 5.26 Å². The third-order valence-electron chi connectivity index (χ3n) is 3.08. The zero-order valence-corrected chi connectivity index (χ0v) is 10.2. The number of rotatable bonds is 4. The van der Waals surface area contributed by atoms with E-state index in [1.807, 2.05) is 19.1 Å². The molecule has 1 atom stereocenters. The summed E-state index contributed by atoms with van der Waals surface area (Å²) in [5, 5.41) is 20.9. The third kappa shape index (κ3) is 2.15. The maximum absolute atomic E-state index is 11.3. The molecular formula is C13H15N3O2. The number of fused-ring (bicyclic) bond motifs is 1. The van der Waals surface area contributed by atoms with E-state index < -0.39 is 6.10 Å². The lowest BCUT2D eigenvalue weighted by Gasteiger charge is -2.22. The lowest BCUT2D eigenvalue weighted by atomic mass is 10.1. The molecule has 94 valence electrons. The molecule has 1 amide bonds. The van der Waals surface area contributed by atoms with Crippen LogP contribution >= 0.6 is 0 Å². The minimum atomic E-state index is -1.07. The first-order valence-electron chi connectivity index (χ1n) is 5.92. The first-order chi connectivity index (χ1) is 8.67. The maximum Gasteiger partial charge on any atom is 0.257 e. The highest BCUT2D eigenvalue weighted by atomic mass is 16.3. The summed E-state index contributed by atoms with van der Waals surface area (Å²) in [6, 6.07) is 7.57. The van der Waals surface area contributed by atoms with Gasteiger partial charge in [-0.25, -0.2) is 0 Å². The Morgan fingerprint density at radius 3 is 3.00 bits per heavy atom. The minimum absolute atomic E-state index is 0.387. The van der Waals surface area contributed by atoms with Crippen LogP contribution in [0.3, 0.4) is 0 Å². The SMILES string of the molecule is CCN(CCC#N)c1ccc2c(c1)NC(=O)C2O. The van der Waals surface area contributed by atoms with Crippen LogP contribution in [0.25, 0.3) is 0 Å². The third-order valence-corrected chi connectivity index (χ3v) is 3.08. The fourth-order valence-electron chi connectivity index (χ4n) is 2.08. The van der Waals surface area contributed by atoms with Crippen LogP contribution in [-0.2, 0) is 4.79 Å². The number of nitriles is 1. The molecule has 0 spiro atoms. The van der Waals surface area contributed by atoms with Gasteiger partial charge in [-0.2, -0.15) is 5.26 Å². The van der Waals surface area contributed by atoms with E-state index in [0.717, 1.165) is 12.2 Å². The Morgan fingerprint density at radius 1 is 1.56 bits per heavy atom. The fraction of sp³-hybridized carbons (Fsp3) is 0.385. The van der Waals surface area contributed by atoms with Gasteiger partial charge < -0.3 is 15.3 Å². The van der Waals surface area contributed by atoms with E-state index in [2.05, 4.69) is 16.3 Å². The number of nitrogens with one attached hydrogen (secondary N) is 1. The zero-order valence-electron chi connectivity index (χ0n) is 10.2. The van der Waals surface area contributed by atoms with Crippen LogP contribution in [0.5, 0.6) is 0 Å². The van der Waals surface area contributed by atoms with E-state index in [-0.39, 0.29) is 5.91 Å². The number of nitrogens with zero attached hydrogens (tertiary/aromatic N) is 2. The molecule has 0 aromatic heterocycles. The van der Waals surface area contributed by atoms with Crippen LogP contribution in [0.15, 0.2) is 18.2 Å². The topological polar surface area (TPSA) is 76.4 Å². The number of carbonyl (C=O) groups is 1. The molecule has 1 aromatic carbocycles. The highest BCUT2D eigenvalue weighted by Gasteiger charge is 2.28. The number of benzene rings is 1. The molecule has 1 aliphatic rings. The van der Waals surface area contributed by atoms with Crippen molar-refractivity contribution in [2.24, 2.45) is 0 Å². The first-order valence-corrected chi connectivity index (χ1v) is 5.92. The molecular weight excluding hydrogens is 230 g/mol. The molecule has 5 nitrogen and oxygen atoms in total. The largest absolute Gasteiger partial charge is 0.378 e. The molecule has 2 rings (SSSR count). The Balaban J connectivity index is 2.24. The van der Waals surface area contributed by atoms with Crippen LogP contribution in [0.1, 0.15) is 25.0 Å². The predicted octanol–water partition coefficient (Wildman–Crippen LogP) is 1.41. The molecule has 1 heterocycles. The van der Waals surface area contributed by atoms with Crippen molar-refractivity contribution in [3.05, 3.63) is 23.8 Å². The molecule has 0 saturated heterocycles. The van der Waals surface area contributed by atoms with Crippen molar-refractivity contribution in [3.8, 4) is 6.07 Å². The van der Waals surface area contributed by atoms with Gasteiger partial charge >= 0.3 is 0 Å². The fourth-order valence-corrected chi connectivity index (χ4v) is 2.08. The predicted molar refractivity (Wildman–Crippen MR) is 68.1 cm³/mol. The highest BCUT2D eigenvalue weighted by molar-refractivity contribution is 6.02. The number of hydrogen-bond acceptors (Lipinski definition) is 4. The summed E-state index contributed by atoms with van der Waals surface area (Å²) in [7, 11) is 0. The van der Waals surface area contributed by atoms with E-state index >= 15 is 0 Å². The van der Waals surface area contributed by atoms with Gasteiger partial charge in [-0.3, -0.25) is 4.79 Å². The molecule has 5 heteroatoms. The summed E-state index contributed by atoms with van der Waals surface area (Å²) < 4.78 is 0. The molecule has 0 fully saturated rings. The smallest absolute Gasteiger partial charge is 0.257 e. The number of amides is 1. The van der Waals surface area contributed by atoms with Crippen molar-refractivity contribution >= 4 is 17.3 Å². The first kappa shape index (κ1) is 12.4. The van der Waals surface area contributed by atoms with E-state index in [1.165, 1.54) is 0 Å². The van der Waals surface area contributed by atoms with Crippen LogP contribution in [0.4, 0.5) is 11.4 Å². The average Bonchev–Trinajstić information content (AvgIpc) is 2.66. The van der Waals surface area contributed by atoms with E-state index in [9.17, 15) is 9.90 Å². The average molecular weight is 245 g/mol. The van der Waals surface area contributed by atoms with Crippen LogP contribution in [-0.4, -0.2) is 24.1 Å². The highest BCUT2D eigenvalue weighted by Crippen LogP contribution is 2.33. The summed E-state index contributed by atoms with van der Waals surface area (Å²) in [6.07, 6.45) is -0.608. The second kappa shape index (κ2) is 5.07. The normalized spacial score (nSPS) is 16.9. The Kier molecular flexibility index (Phi) is 3.49. The number of aliphatic hydroxyl groups is 1. The van der Waals surface area contributed by atoms with Crippen molar-refractivity contribution in [2.45, 2.75) is 19.4 Å². The van der Waals surface area contributed by atoms with Crippen LogP contribution < -0.4 is 10.2 Å². The monoisotopic (exact) mass is 245 g/mol. The zero-order chi connectivity index (χ0) is 13.1. The second-order valence-corrected chi connectivity index (χ2v) is 4.15. The quantitative estimate of drug-likeness (QED) is 0.841. The van der Waals surface area contributed by atoms with Gasteiger partial charge in [0.1, 0.15) is 0 Å². The summed E-state index contributed by atoms with van der Waals surface area (Å²) in [4.78, 5) is 13.4. The van der Waals surface area contributed by atoms with Gasteiger partial charge in [-0.1, -0.05) is 6.07 Å². The van der Waals surface area contributed by atoms with Crippen molar-refractivity contribution in [3.63, 3.8) is 0 Å². The maximum atomic E-state index is 11.3. The van der Waals surface area contributed by atoms with E-state index in [1.54, 1.807) is 6.07 Å². The second-order valence-electron chi connectivity index (χ2n) is 4.15. The van der Waals surface area contributed by atoms with E-state index in [0.29, 0.717) is 24.2 Å². The number of aliphatic hydroxyl groups excluding tert-OH is 1. The number of carbonyl (C=O) groups excluding carboxylic acids is 1. The molecule has 0 radical (unpaired) electrons. The van der Waals surface area contributed by atoms with Gasteiger partial charge in [0.05, 0.1) is 12.5 Å². The molecule has 1 aliphatic heterocycles. The molecule has 0 saturated carbocycles. The van der Waals surface area contributed by atoms with Crippen LogP contribution in [0.2, 0.25) is 0 Å². The lowest BCUT2D eigenvalue weighted by Crippen LogP contribution is -2.23. The molecule has 0 aliphatic carbocycles. The summed E-state index contributed by atoms with van der Waals surface area (Å²) in [5.41, 5.74) is 2.21. The minimum Gasteiger partial charge on any atom is -0.378 e. The molecule has 18 heavy (non-hydrogen) atoms. The Bertz CT molecular complexity index is 507. The molecule has 1 unspecified atom stereocenters. The van der Waals surface area contributed by atoms with Gasteiger partial charge in [0.25, 0.3) is 5.91 Å². The Morgan fingerprint density at radius 2 is 2.33 bits per heavy atom. The Hall–Kier alpha value is -2.06. The standard InChI is InChI=1S/C13H15N3O2/c1-2-16(7-3-6-14)9-4-5-10-11(8-9)15-13(18)12(10)17/h4-5,8,12,17H,2-3,7H2,1H3,(H,15,18). The van der Waals surface area contributed by atoms with Gasteiger partial charge in [0.15, 0.2) is 6.10 Å². The van der Waals surface area contributed by atoms with Crippen molar-refractivity contribution < 1.29 is 9.90 Å². The lowest BCUT2D eigenvalue weighted by molar-refractivity contribution is -0.123. The molecule has 0 bridgehead atoms. The molecule has 2 N–H and O–H groups in total. The van der Waals surface area contributed by atoms with Crippen LogP contribution in [0, 0.1) is 11.3 Å². The summed E-state index contributed by atoms with van der Waals surface area (Å²) in [5.74, 6) is -0.387. The Labute approximate surface area is 106 Å².